The molecule has 0 amide bonds. The minimum Gasteiger partial charge on any atom is -0.462 e. The van der Waals surface area contributed by atoms with E-state index in [0.29, 0.717) is 19.3 Å². The van der Waals surface area contributed by atoms with Gasteiger partial charge in [0.25, 0.3) is 0 Å². The van der Waals surface area contributed by atoms with Crippen LogP contribution in [0.3, 0.4) is 0 Å². The maximum absolute atomic E-state index is 12.9. The Bertz CT molecular complexity index is 1290. The maximum atomic E-state index is 12.9. The Morgan fingerprint density at radius 1 is 0.304 bits per heavy atom. The van der Waals surface area contributed by atoms with Gasteiger partial charge >= 0.3 is 17.9 Å². The highest BCUT2D eigenvalue weighted by Gasteiger charge is 2.19. The van der Waals surface area contributed by atoms with Gasteiger partial charge in [-0.3, -0.25) is 14.4 Å². The first-order chi connectivity index (χ1) is 34.0. The van der Waals surface area contributed by atoms with Crippen LogP contribution in [0.4, 0.5) is 0 Å². The molecule has 0 aliphatic rings. The van der Waals surface area contributed by atoms with E-state index in [1.165, 1.54) is 141 Å². The van der Waals surface area contributed by atoms with E-state index in [1.807, 2.05) is 0 Å². The number of allylic oxidation sites excluding steroid dienone is 12. The van der Waals surface area contributed by atoms with Gasteiger partial charge in [0.05, 0.1) is 0 Å². The Morgan fingerprint density at radius 2 is 0.565 bits per heavy atom. The van der Waals surface area contributed by atoms with Crippen LogP contribution in [0.5, 0.6) is 0 Å². The lowest BCUT2D eigenvalue weighted by molar-refractivity contribution is -0.167. The summed E-state index contributed by atoms with van der Waals surface area (Å²) in [6, 6.07) is 0. The minimum absolute atomic E-state index is 0.0854. The van der Waals surface area contributed by atoms with Crippen molar-refractivity contribution < 1.29 is 28.6 Å². The molecular formula is C63H110O6. The summed E-state index contributed by atoms with van der Waals surface area (Å²) in [6.45, 7) is 6.50. The van der Waals surface area contributed by atoms with Crippen molar-refractivity contribution in [3.63, 3.8) is 0 Å². The van der Waals surface area contributed by atoms with Gasteiger partial charge in [-0.1, -0.05) is 235 Å². The Morgan fingerprint density at radius 3 is 0.928 bits per heavy atom. The van der Waals surface area contributed by atoms with Crippen LogP contribution in [-0.4, -0.2) is 37.2 Å². The van der Waals surface area contributed by atoms with E-state index in [2.05, 4.69) is 93.7 Å². The van der Waals surface area contributed by atoms with Crippen LogP contribution in [-0.2, 0) is 28.6 Å². The van der Waals surface area contributed by atoms with E-state index in [0.717, 1.165) is 109 Å². The summed E-state index contributed by atoms with van der Waals surface area (Å²) in [6.07, 6.45) is 73.2. The normalized spacial score (nSPS) is 12.6. The fourth-order valence-corrected chi connectivity index (χ4v) is 8.25. The SMILES string of the molecule is CC/C=C\C/C=C\C/C=C\CCCCCCCC(=O)O[C@H](COC(=O)CCCCCCCCC/C=C\C/C=C\CCCCC)COC(=O)CCCCCCCCCCC/C=C\CCCCCCCC. The molecule has 6 nitrogen and oxygen atoms in total. The zero-order chi connectivity index (χ0) is 50.0. The molecule has 69 heavy (non-hydrogen) atoms. The molecule has 0 heterocycles. The van der Waals surface area contributed by atoms with E-state index in [4.69, 9.17) is 14.2 Å². The highest BCUT2D eigenvalue weighted by Crippen LogP contribution is 2.15. The Labute approximate surface area is 427 Å². The average molecular weight is 964 g/mol. The number of hydrogen-bond acceptors (Lipinski definition) is 6. The van der Waals surface area contributed by atoms with Crippen LogP contribution >= 0.6 is 0 Å². The summed E-state index contributed by atoms with van der Waals surface area (Å²) in [7, 11) is 0. The second kappa shape index (κ2) is 57.4. The van der Waals surface area contributed by atoms with Crippen LogP contribution in [0.15, 0.2) is 72.9 Å². The third-order valence-electron chi connectivity index (χ3n) is 12.7. The summed E-state index contributed by atoms with van der Waals surface area (Å²) < 4.78 is 16.9. The molecule has 0 aliphatic heterocycles. The van der Waals surface area contributed by atoms with Crippen molar-refractivity contribution in [3.8, 4) is 0 Å². The number of rotatable bonds is 53. The Hall–Kier alpha value is -3.15. The van der Waals surface area contributed by atoms with Crippen molar-refractivity contribution in [2.45, 2.75) is 297 Å². The van der Waals surface area contributed by atoms with Gasteiger partial charge in [-0.25, -0.2) is 0 Å². The molecule has 0 saturated heterocycles. The van der Waals surface area contributed by atoms with E-state index in [1.54, 1.807) is 0 Å². The zero-order valence-electron chi connectivity index (χ0n) is 45.6. The second-order valence-electron chi connectivity index (χ2n) is 19.5. The Balaban J connectivity index is 4.39. The number of carbonyl (C=O) groups is 3. The van der Waals surface area contributed by atoms with Crippen molar-refractivity contribution in [2.75, 3.05) is 13.2 Å². The van der Waals surface area contributed by atoms with E-state index >= 15 is 0 Å². The minimum atomic E-state index is -0.789. The van der Waals surface area contributed by atoms with Crippen LogP contribution < -0.4 is 0 Å². The maximum Gasteiger partial charge on any atom is 0.306 e. The van der Waals surface area contributed by atoms with Crippen molar-refractivity contribution in [2.24, 2.45) is 0 Å². The van der Waals surface area contributed by atoms with Crippen molar-refractivity contribution in [1.82, 2.24) is 0 Å². The standard InChI is InChI=1S/C63H110O6/c1-4-7-10-13-16-19-22-25-28-30-31-33-36-38-41-44-47-50-53-56-62(65)68-59-60(69-63(66)57-54-51-48-45-42-39-34-27-24-21-18-15-12-9-6-3)58-67-61(64)55-52-49-46-43-40-37-35-32-29-26-23-20-17-14-11-8-5-2/h9,12,17-18,20-21,25-29,34,60H,4-8,10-11,13-16,19,22-24,30-33,35-59H2,1-3H3/b12-9-,20-17-,21-18-,28-25-,29-26-,34-27-/t60-/m1/s1. The van der Waals surface area contributed by atoms with Crippen LogP contribution in [0.25, 0.3) is 0 Å². The van der Waals surface area contributed by atoms with E-state index < -0.39 is 6.10 Å². The molecule has 0 aromatic rings. The summed E-state index contributed by atoms with van der Waals surface area (Å²) >= 11 is 0. The van der Waals surface area contributed by atoms with Gasteiger partial charge in [-0.2, -0.15) is 0 Å². The summed E-state index contributed by atoms with van der Waals surface area (Å²) in [4.78, 5) is 38.2. The summed E-state index contributed by atoms with van der Waals surface area (Å²) in [5.74, 6) is -0.903. The summed E-state index contributed by atoms with van der Waals surface area (Å²) in [5.41, 5.74) is 0. The monoisotopic (exact) mass is 963 g/mol. The second-order valence-corrected chi connectivity index (χ2v) is 19.5. The largest absolute Gasteiger partial charge is 0.462 e. The molecule has 0 spiro atoms. The first-order valence-electron chi connectivity index (χ1n) is 29.4. The van der Waals surface area contributed by atoms with Crippen molar-refractivity contribution in [1.29, 1.82) is 0 Å². The number of esters is 3. The fraction of sp³-hybridized carbons (Fsp3) is 0.762. The Kier molecular flexibility index (Phi) is 54.8. The lowest BCUT2D eigenvalue weighted by Gasteiger charge is -2.18. The van der Waals surface area contributed by atoms with Crippen LogP contribution in [0.2, 0.25) is 0 Å². The van der Waals surface area contributed by atoms with Gasteiger partial charge in [0.15, 0.2) is 6.10 Å². The molecule has 1 atom stereocenters. The number of carbonyl (C=O) groups excluding carboxylic acids is 3. The molecule has 0 saturated carbocycles. The molecule has 398 valence electrons. The first-order valence-corrected chi connectivity index (χ1v) is 29.4. The molecule has 0 radical (unpaired) electrons. The molecule has 0 aromatic heterocycles. The first kappa shape index (κ1) is 65.8. The summed E-state index contributed by atoms with van der Waals surface area (Å²) in [5, 5.41) is 0. The molecule has 0 bridgehead atoms. The molecule has 6 heteroatoms. The van der Waals surface area contributed by atoms with E-state index in [9.17, 15) is 14.4 Å². The fourth-order valence-electron chi connectivity index (χ4n) is 8.25. The third kappa shape index (κ3) is 55.6. The quantitative estimate of drug-likeness (QED) is 0.0262. The van der Waals surface area contributed by atoms with Gasteiger partial charge in [0.1, 0.15) is 13.2 Å². The molecule has 0 N–H and O–H groups in total. The molecule has 0 aliphatic carbocycles. The van der Waals surface area contributed by atoms with E-state index in [-0.39, 0.29) is 31.1 Å². The lowest BCUT2D eigenvalue weighted by Crippen LogP contribution is -2.30. The molecule has 0 unspecified atom stereocenters. The number of hydrogen-bond donors (Lipinski definition) is 0. The topological polar surface area (TPSA) is 78.9 Å². The molecule has 0 aromatic carbocycles. The predicted molar refractivity (Wildman–Crippen MR) is 298 cm³/mol. The van der Waals surface area contributed by atoms with Gasteiger partial charge in [0, 0.05) is 19.3 Å². The molecule has 0 rings (SSSR count). The van der Waals surface area contributed by atoms with Gasteiger partial charge in [0.2, 0.25) is 0 Å². The highest BCUT2D eigenvalue weighted by atomic mass is 16.6. The lowest BCUT2D eigenvalue weighted by atomic mass is 10.1. The van der Waals surface area contributed by atoms with Crippen molar-refractivity contribution in [3.05, 3.63) is 72.9 Å². The predicted octanol–water partition coefficient (Wildman–Crippen LogP) is 19.8. The van der Waals surface area contributed by atoms with Gasteiger partial charge < -0.3 is 14.2 Å². The van der Waals surface area contributed by atoms with Crippen LogP contribution in [0, 0.1) is 0 Å². The number of unbranched alkanes of at least 4 members (excludes halogenated alkanes) is 30. The molecular weight excluding hydrogens is 853 g/mol. The smallest absolute Gasteiger partial charge is 0.306 e. The van der Waals surface area contributed by atoms with Crippen LogP contribution in [0.1, 0.15) is 290 Å². The number of ether oxygens (including phenoxy) is 3. The molecule has 0 fully saturated rings. The van der Waals surface area contributed by atoms with Gasteiger partial charge in [-0.05, 0) is 109 Å². The van der Waals surface area contributed by atoms with Gasteiger partial charge in [-0.15, -0.1) is 0 Å². The van der Waals surface area contributed by atoms with Crippen molar-refractivity contribution >= 4 is 17.9 Å². The average Bonchev–Trinajstić information content (AvgIpc) is 3.35. The third-order valence-corrected chi connectivity index (χ3v) is 12.7. The highest BCUT2D eigenvalue weighted by molar-refractivity contribution is 5.71. The zero-order valence-corrected chi connectivity index (χ0v) is 45.6.